The summed E-state index contributed by atoms with van der Waals surface area (Å²) < 4.78 is 5.41. The molecule has 1 unspecified atom stereocenters. The number of hydrogen-bond donors (Lipinski definition) is 3. The lowest BCUT2D eigenvalue weighted by molar-refractivity contribution is 0.404. The van der Waals surface area contributed by atoms with Crippen molar-refractivity contribution in [1.82, 2.24) is 5.43 Å². The van der Waals surface area contributed by atoms with Gasteiger partial charge in [-0.2, -0.15) is 0 Å². The van der Waals surface area contributed by atoms with Crippen molar-refractivity contribution in [2.75, 3.05) is 12.8 Å². The van der Waals surface area contributed by atoms with Crippen molar-refractivity contribution in [3.05, 3.63) is 58.1 Å². The molecule has 20 heavy (non-hydrogen) atoms. The Hall–Kier alpha value is -1.75. The molecule has 106 valence electrons. The van der Waals surface area contributed by atoms with Crippen molar-refractivity contribution in [1.29, 1.82) is 0 Å². The summed E-state index contributed by atoms with van der Waals surface area (Å²) in [6.07, 6.45) is 0. The number of ether oxygens (including phenoxy) is 1. The van der Waals surface area contributed by atoms with Crippen LogP contribution in [0.25, 0.3) is 0 Å². The van der Waals surface area contributed by atoms with Crippen LogP contribution in [-0.2, 0) is 0 Å². The molecule has 0 saturated heterocycles. The highest BCUT2D eigenvalue weighted by atomic mass is 35.5. The van der Waals surface area contributed by atoms with Gasteiger partial charge >= 0.3 is 0 Å². The first-order valence-corrected chi connectivity index (χ1v) is 6.60. The predicted octanol–water partition coefficient (Wildman–Crippen LogP) is 2.79. The van der Waals surface area contributed by atoms with Crippen LogP contribution in [0.4, 0.5) is 5.69 Å². The van der Waals surface area contributed by atoms with Gasteiger partial charge in [-0.1, -0.05) is 35.4 Å². The second-order valence-corrected chi connectivity index (χ2v) is 5.05. The molecular formula is C15H18ClN3O. The molecule has 0 fully saturated rings. The second kappa shape index (κ2) is 6.13. The van der Waals surface area contributed by atoms with Gasteiger partial charge in [0.1, 0.15) is 5.75 Å². The first-order valence-electron chi connectivity index (χ1n) is 6.22. The zero-order valence-electron chi connectivity index (χ0n) is 11.5. The SMILES string of the molecule is COc1ccc(C)cc1C(NN)c1ccc(Cl)cc1N. The number of methoxy groups -OCH3 is 1. The number of hydrazine groups is 1. The first-order chi connectivity index (χ1) is 9.56. The molecule has 2 aromatic rings. The van der Waals surface area contributed by atoms with Crippen molar-refractivity contribution >= 4 is 17.3 Å². The molecule has 0 radical (unpaired) electrons. The van der Waals surface area contributed by atoms with Gasteiger partial charge in [-0.15, -0.1) is 0 Å². The molecule has 0 aliphatic rings. The number of rotatable bonds is 4. The molecule has 0 spiro atoms. The van der Waals surface area contributed by atoms with Crippen LogP contribution in [-0.4, -0.2) is 7.11 Å². The van der Waals surface area contributed by atoms with E-state index < -0.39 is 0 Å². The minimum atomic E-state index is -0.262. The maximum Gasteiger partial charge on any atom is 0.124 e. The molecular weight excluding hydrogens is 274 g/mol. The Kier molecular flexibility index (Phi) is 4.49. The molecule has 5 heteroatoms. The van der Waals surface area contributed by atoms with Gasteiger partial charge < -0.3 is 10.5 Å². The van der Waals surface area contributed by atoms with Crippen molar-refractivity contribution in [3.8, 4) is 5.75 Å². The van der Waals surface area contributed by atoms with Gasteiger partial charge in [0.05, 0.1) is 13.2 Å². The van der Waals surface area contributed by atoms with E-state index in [0.717, 1.165) is 22.4 Å². The van der Waals surface area contributed by atoms with E-state index in [9.17, 15) is 0 Å². The number of anilines is 1. The maximum absolute atomic E-state index is 6.04. The minimum absolute atomic E-state index is 0.262. The number of halogens is 1. The summed E-state index contributed by atoms with van der Waals surface area (Å²) in [6, 6.07) is 11.0. The van der Waals surface area contributed by atoms with E-state index >= 15 is 0 Å². The molecule has 4 nitrogen and oxygen atoms in total. The summed E-state index contributed by atoms with van der Waals surface area (Å²) in [7, 11) is 1.63. The van der Waals surface area contributed by atoms with Crippen LogP contribution in [0.3, 0.4) is 0 Å². The smallest absolute Gasteiger partial charge is 0.124 e. The van der Waals surface area contributed by atoms with Crippen LogP contribution in [0.2, 0.25) is 5.02 Å². The summed E-state index contributed by atoms with van der Waals surface area (Å²) in [5.41, 5.74) is 12.3. The second-order valence-electron chi connectivity index (χ2n) is 4.62. The lowest BCUT2D eigenvalue weighted by Crippen LogP contribution is -2.29. The zero-order valence-corrected chi connectivity index (χ0v) is 12.2. The highest BCUT2D eigenvalue weighted by Crippen LogP contribution is 2.33. The van der Waals surface area contributed by atoms with Gasteiger partial charge in [-0.3, -0.25) is 5.84 Å². The standard InChI is InChI=1S/C15H18ClN3O/c1-9-3-6-14(20-2)12(7-9)15(19-18)11-5-4-10(16)8-13(11)17/h3-8,15,19H,17-18H2,1-2H3. The van der Waals surface area contributed by atoms with Crippen LogP contribution >= 0.6 is 11.6 Å². The van der Waals surface area contributed by atoms with Gasteiger partial charge in [0.25, 0.3) is 0 Å². The third-order valence-electron chi connectivity index (χ3n) is 3.22. The van der Waals surface area contributed by atoms with Crippen LogP contribution in [0.1, 0.15) is 22.7 Å². The Morgan fingerprint density at radius 3 is 2.50 bits per heavy atom. The highest BCUT2D eigenvalue weighted by molar-refractivity contribution is 6.30. The van der Waals surface area contributed by atoms with E-state index in [1.807, 2.05) is 31.2 Å². The topological polar surface area (TPSA) is 73.3 Å². The fourth-order valence-corrected chi connectivity index (χ4v) is 2.42. The molecule has 0 aliphatic heterocycles. The molecule has 0 aromatic heterocycles. The van der Waals surface area contributed by atoms with Crippen molar-refractivity contribution in [2.24, 2.45) is 5.84 Å². The molecule has 5 N–H and O–H groups in total. The molecule has 0 amide bonds. The third-order valence-corrected chi connectivity index (χ3v) is 3.46. The maximum atomic E-state index is 6.04. The van der Waals surface area contributed by atoms with Gasteiger partial charge in [-0.25, -0.2) is 5.43 Å². The minimum Gasteiger partial charge on any atom is -0.496 e. The van der Waals surface area contributed by atoms with Crippen LogP contribution in [0, 0.1) is 6.92 Å². The van der Waals surface area contributed by atoms with Crippen LogP contribution in [0.5, 0.6) is 5.75 Å². The molecule has 0 bridgehead atoms. The van der Waals surface area contributed by atoms with Gasteiger partial charge in [0.2, 0.25) is 0 Å². The van der Waals surface area contributed by atoms with Gasteiger partial charge in [-0.05, 0) is 30.7 Å². The molecule has 0 heterocycles. The lowest BCUT2D eigenvalue weighted by Gasteiger charge is -2.21. The Bertz CT molecular complexity index is 616. The molecule has 0 aliphatic carbocycles. The Balaban J connectivity index is 2.54. The van der Waals surface area contributed by atoms with Crippen LogP contribution < -0.4 is 21.7 Å². The summed E-state index contributed by atoms with van der Waals surface area (Å²) in [5, 5.41) is 0.596. The number of aryl methyl sites for hydroxylation is 1. The number of hydrogen-bond acceptors (Lipinski definition) is 4. The Labute approximate surface area is 123 Å². The Morgan fingerprint density at radius 2 is 1.90 bits per heavy atom. The molecule has 1 atom stereocenters. The summed E-state index contributed by atoms with van der Waals surface area (Å²) in [5.74, 6) is 6.48. The highest BCUT2D eigenvalue weighted by Gasteiger charge is 2.19. The summed E-state index contributed by atoms with van der Waals surface area (Å²) >= 11 is 5.94. The normalized spacial score (nSPS) is 12.2. The van der Waals surface area contributed by atoms with Crippen LogP contribution in [0.15, 0.2) is 36.4 Å². The van der Waals surface area contributed by atoms with E-state index in [1.165, 1.54) is 0 Å². The molecule has 2 rings (SSSR count). The van der Waals surface area contributed by atoms with E-state index in [-0.39, 0.29) is 6.04 Å². The van der Waals surface area contributed by atoms with E-state index in [0.29, 0.717) is 10.7 Å². The third kappa shape index (κ3) is 2.88. The zero-order chi connectivity index (χ0) is 14.7. The predicted molar refractivity (Wildman–Crippen MR) is 82.8 cm³/mol. The van der Waals surface area contributed by atoms with Crippen molar-refractivity contribution < 1.29 is 4.74 Å². The van der Waals surface area contributed by atoms with E-state index in [1.54, 1.807) is 19.2 Å². The fraction of sp³-hybridized carbons (Fsp3) is 0.200. The largest absolute Gasteiger partial charge is 0.496 e. The monoisotopic (exact) mass is 291 g/mol. The van der Waals surface area contributed by atoms with Crippen molar-refractivity contribution in [2.45, 2.75) is 13.0 Å². The molecule has 2 aromatic carbocycles. The number of nitrogens with two attached hydrogens (primary N) is 2. The average Bonchev–Trinajstić information content (AvgIpc) is 2.42. The summed E-state index contributed by atoms with van der Waals surface area (Å²) in [4.78, 5) is 0. The van der Waals surface area contributed by atoms with E-state index in [4.69, 9.17) is 27.9 Å². The molecule has 0 saturated carbocycles. The summed E-state index contributed by atoms with van der Waals surface area (Å²) in [6.45, 7) is 2.02. The van der Waals surface area contributed by atoms with Gasteiger partial charge in [0, 0.05) is 16.3 Å². The number of nitrogens with one attached hydrogen (secondary N) is 1. The lowest BCUT2D eigenvalue weighted by atomic mass is 9.95. The van der Waals surface area contributed by atoms with E-state index in [2.05, 4.69) is 5.43 Å². The fourth-order valence-electron chi connectivity index (χ4n) is 2.23. The number of benzene rings is 2. The first kappa shape index (κ1) is 14.7. The average molecular weight is 292 g/mol. The quantitative estimate of drug-likeness (QED) is 0.460. The number of nitrogen functional groups attached to an aromatic ring is 1. The van der Waals surface area contributed by atoms with Gasteiger partial charge in [0.15, 0.2) is 0 Å². The van der Waals surface area contributed by atoms with Crippen molar-refractivity contribution in [3.63, 3.8) is 0 Å². The Morgan fingerprint density at radius 1 is 1.15 bits per heavy atom.